The van der Waals surface area contributed by atoms with Gasteiger partial charge in [-0.15, -0.1) is 0 Å². The number of halogens is 3. The summed E-state index contributed by atoms with van der Waals surface area (Å²) in [6, 6.07) is 3.88. The van der Waals surface area contributed by atoms with Gasteiger partial charge in [-0.05, 0) is 55.0 Å². The van der Waals surface area contributed by atoms with Crippen molar-refractivity contribution < 1.29 is 13.4 Å². The number of rotatable bonds is 3. The summed E-state index contributed by atoms with van der Waals surface area (Å²) in [6.07, 6.45) is 3.68. The topological polar surface area (TPSA) is 122 Å². The van der Waals surface area contributed by atoms with E-state index in [2.05, 4.69) is 25.0 Å². The Morgan fingerprint density at radius 3 is 2.79 bits per heavy atom. The predicted octanol–water partition coefficient (Wildman–Crippen LogP) is 3.22. The lowest BCUT2D eigenvalue weighted by Gasteiger charge is -2.48. The first kappa shape index (κ1) is 24.0. The van der Waals surface area contributed by atoms with Gasteiger partial charge in [-0.1, -0.05) is 29.6 Å². The van der Waals surface area contributed by atoms with Gasteiger partial charge in [0, 0.05) is 18.5 Å². The van der Waals surface area contributed by atoms with Crippen LogP contribution in [0.3, 0.4) is 0 Å². The fourth-order valence-corrected chi connectivity index (χ4v) is 8.20. The summed E-state index contributed by atoms with van der Waals surface area (Å²) in [5.74, 6) is -0.922. The Morgan fingerprint density at radius 2 is 2.06 bits per heavy atom. The number of hydrogen-bond donors (Lipinski definition) is 4. The molecule has 0 radical (unpaired) electrons. The third-order valence-corrected chi connectivity index (χ3v) is 10.7. The molecule has 178 valence electrons. The van der Waals surface area contributed by atoms with E-state index in [0.29, 0.717) is 13.0 Å². The first-order valence-corrected chi connectivity index (χ1v) is 13.1. The molecule has 4 rings (SSSR count). The molecule has 2 aromatic rings. The first-order chi connectivity index (χ1) is 15.5. The first-order valence-electron chi connectivity index (χ1n) is 10.5. The van der Waals surface area contributed by atoms with Crippen LogP contribution >= 0.6 is 23.2 Å². The SMILES string of the molecule is CC1(c2nc(NC(=O)c3ncc(Cl)cc3Cl)ccc2F)C[SH]2(=O)NCCCCC2(C)C(N)=N1. The maximum Gasteiger partial charge on any atom is 0.276 e. The average molecular weight is 515 g/mol. The molecule has 12 heteroatoms. The third-order valence-electron chi connectivity index (χ3n) is 6.33. The van der Waals surface area contributed by atoms with Crippen molar-refractivity contribution >= 4 is 50.9 Å². The molecule has 2 aliphatic heterocycles. The van der Waals surface area contributed by atoms with Crippen molar-refractivity contribution in [3.05, 3.63) is 51.6 Å². The number of fused-ring (bicyclic) bond motifs is 1. The Morgan fingerprint density at radius 1 is 1.30 bits per heavy atom. The Kier molecular flexibility index (Phi) is 6.24. The summed E-state index contributed by atoms with van der Waals surface area (Å²) in [4.78, 5) is 25.5. The highest BCUT2D eigenvalue weighted by Gasteiger charge is 2.52. The van der Waals surface area contributed by atoms with Gasteiger partial charge in [0.2, 0.25) is 0 Å². The minimum Gasteiger partial charge on any atom is -0.386 e. The summed E-state index contributed by atoms with van der Waals surface area (Å²) in [5.41, 5.74) is 4.96. The van der Waals surface area contributed by atoms with Crippen molar-refractivity contribution in [2.45, 2.75) is 43.4 Å². The van der Waals surface area contributed by atoms with Gasteiger partial charge in [-0.25, -0.2) is 14.4 Å². The molecule has 4 heterocycles. The van der Waals surface area contributed by atoms with Crippen LogP contribution in [0.4, 0.5) is 10.2 Å². The maximum atomic E-state index is 15.0. The number of carbonyl (C=O) groups excluding carboxylic acids is 1. The normalized spacial score (nSPS) is 27.6. The second-order valence-corrected chi connectivity index (χ2v) is 12.7. The van der Waals surface area contributed by atoms with Crippen LogP contribution < -0.4 is 15.8 Å². The van der Waals surface area contributed by atoms with E-state index in [1.807, 2.05) is 6.92 Å². The molecule has 0 bridgehead atoms. The van der Waals surface area contributed by atoms with Crippen LogP contribution in [0.1, 0.15) is 49.3 Å². The number of carbonyl (C=O) groups is 1. The molecule has 0 spiro atoms. The molecule has 33 heavy (non-hydrogen) atoms. The highest BCUT2D eigenvalue weighted by Crippen LogP contribution is 2.43. The Bertz CT molecular complexity index is 1210. The summed E-state index contributed by atoms with van der Waals surface area (Å²) < 4.78 is 31.4. The lowest BCUT2D eigenvalue weighted by atomic mass is 9.96. The van der Waals surface area contributed by atoms with Gasteiger partial charge >= 0.3 is 0 Å². The van der Waals surface area contributed by atoms with Crippen LogP contribution in [0.15, 0.2) is 29.4 Å². The molecule has 1 fully saturated rings. The minimum absolute atomic E-state index is 0.0530. The third kappa shape index (κ3) is 4.25. The molecule has 2 atom stereocenters. The molecule has 8 nitrogen and oxygen atoms in total. The van der Waals surface area contributed by atoms with Crippen LogP contribution in [0.2, 0.25) is 10.0 Å². The van der Waals surface area contributed by atoms with Crippen molar-refractivity contribution in [2.24, 2.45) is 10.7 Å². The molecule has 0 aliphatic carbocycles. The van der Waals surface area contributed by atoms with E-state index in [4.69, 9.17) is 28.9 Å². The number of hydrogen-bond acceptors (Lipinski definition) is 6. The van der Waals surface area contributed by atoms with Gasteiger partial charge in [0.05, 0.1) is 14.8 Å². The van der Waals surface area contributed by atoms with Crippen LogP contribution in [0.5, 0.6) is 0 Å². The van der Waals surface area contributed by atoms with E-state index < -0.39 is 32.1 Å². The van der Waals surface area contributed by atoms with E-state index >= 15 is 0 Å². The Balaban J connectivity index is 1.70. The number of pyridine rings is 2. The zero-order chi connectivity index (χ0) is 24.0. The standard InChI is InChI=1S/C21H25Cl2FN6O2S/c1-20(11-33(32)21(2,19(25)30-20)7-3-4-8-27-33)17-14(24)5-6-15(28-17)29-18(31)16-13(23)9-12(22)10-26-16/h5-6,9-10,33H,3-4,7-8,11H2,1-2H3,(H2,25,30)(H,27,32)(H,28,29,31). The molecule has 1 saturated heterocycles. The smallest absolute Gasteiger partial charge is 0.276 e. The summed E-state index contributed by atoms with van der Waals surface area (Å²) in [5, 5.41) is 2.92. The molecular formula is C21H25Cl2FN6O2S. The number of nitrogens with two attached hydrogens (primary N) is 1. The number of thiol groups is 1. The van der Waals surface area contributed by atoms with E-state index in [1.165, 1.54) is 24.4 Å². The zero-order valence-corrected chi connectivity index (χ0v) is 20.6. The molecule has 1 amide bonds. The molecule has 2 unspecified atom stereocenters. The number of anilines is 1. The Hall–Kier alpha value is -2.14. The van der Waals surface area contributed by atoms with E-state index in [1.54, 1.807) is 6.92 Å². The van der Waals surface area contributed by atoms with Crippen LogP contribution in [-0.4, -0.2) is 43.0 Å². The maximum absolute atomic E-state index is 15.0. The largest absolute Gasteiger partial charge is 0.386 e. The lowest BCUT2D eigenvalue weighted by molar-refractivity contribution is 0.102. The monoisotopic (exact) mass is 514 g/mol. The number of amides is 1. The number of nitrogens with zero attached hydrogens (tertiary/aromatic N) is 3. The second-order valence-electron chi connectivity index (χ2n) is 8.77. The van der Waals surface area contributed by atoms with E-state index in [0.717, 1.165) is 12.8 Å². The molecule has 2 aliphatic rings. The fraction of sp³-hybridized carbons (Fsp3) is 0.429. The number of nitrogens with one attached hydrogen (secondary N) is 2. The van der Waals surface area contributed by atoms with Crippen molar-refractivity contribution in [2.75, 3.05) is 17.6 Å². The van der Waals surface area contributed by atoms with E-state index in [9.17, 15) is 13.4 Å². The quantitative estimate of drug-likeness (QED) is 0.468. The average Bonchev–Trinajstić information content (AvgIpc) is 2.88. The van der Waals surface area contributed by atoms with Crippen molar-refractivity contribution in [3.63, 3.8) is 0 Å². The highest BCUT2D eigenvalue weighted by molar-refractivity contribution is 8.03. The van der Waals surface area contributed by atoms with Crippen LogP contribution in [-0.2, 0) is 15.7 Å². The van der Waals surface area contributed by atoms with E-state index in [-0.39, 0.29) is 38.8 Å². The fourth-order valence-electron chi connectivity index (χ4n) is 4.38. The van der Waals surface area contributed by atoms with Gasteiger partial charge in [0.1, 0.15) is 34.4 Å². The summed E-state index contributed by atoms with van der Waals surface area (Å²) in [6.45, 7) is 4.10. The molecule has 0 saturated carbocycles. The van der Waals surface area contributed by atoms with Crippen LogP contribution in [0.25, 0.3) is 0 Å². The molecule has 4 N–H and O–H groups in total. The molecule has 2 aromatic heterocycles. The second kappa shape index (κ2) is 8.57. The highest BCUT2D eigenvalue weighted by atomic mass is 35.5. The van der Waals surface area contributed by atoms with Crippen molar-refractivity contribution in [1.29, 1.82) is 0 Å². The van der Waals surface area contributed by atoms with Crippen LogP contribution in [0, 0.1) is 5.82 Å². The van der Waals surface area contributed by atoms with Crippen molar-refractivity contribution in [3.8, 4) is 0 Å². The van der Waals surface area contributed by atoms with Gasteiger partial charge in [-0.3, -0.25) is 18.7 Å². The molecular weight excluding hydrogens is 490 g/mol. The van der Waals surface area contributed by atoms with Gasteiger partial charge in [0.15, 0.2) is 0 Å². The van der Waals surface area contributed by atoms with Gasteiger partial charge in [0.25, 0.3) is 5.91 Å². The number of amidine groups is 1. The summed E-state index contributed by atoms with van der Waals surface area (Å²) >= 11 is 11.9. The minimum atomic E-state index is -3.08. The lowest BCUT2D eigenvalue weighted by Crippen LogP contribution is -2.64. The Labute approximate surface area is 202 Å². The van der Waals surface area contributed by atoms with Gasteiger partial charge < -0.3 is 11.1 Å². The predicted molar refractivity (Wildman–Crippen MR) is 130 cm³/mol. The number of aromatic nitrogens is 2. The number of aliphatic imine (C=N–C) groups is 1. The summed E-state index contributed by atoms with van der Waals surface area (Å²) in [7, 11) is -3.08. The zero-order valence-electron chi connectivity index (χ0n) is 18.2. The molecule has 0 aromatic carbocycles. The van der Waals surface area contributed by atoms with Gasteiger partial charge in [-0.2, -0.15) is 0 Å². The van der Waals surface area contributed by atoms with Crippen molar-refractivity contribution in [1.82, 2.24) is 14.7 Å².